The fourth-order valence-corrected chi connectivity index (χ4v) is 0.882. The molecule has 10 N–H and O–H groups in total. The molecule has 0 aromatic heterocycles. The van der Waals surface area contributed by atoms with Crippen LogP contribution in [0.2, 0.25) is 0 Å². The maximum atomic E-state index is 9.19. The fourth-order valence-electron chi connectivity index (χ4n) is 0.882. The van der Waals surface area contributed by atoms with E-state index in [0.29, 0.717) is 6.42 Å². The third-order valence-corrected chi connectivity index (χ3v) is 1.70. The molecule has 0 spiro atoms. The summed E-state index contributed by atoms with van der Waals surface area (Å²) in [6.45, 7) is 6.82. The van der Waals surface area contributed by atoms with Crippen LogP contribution in [0.3, 0.4) is 0 Å². The Bertz CT molecular complexity index is 288. The Balaban J connectivity index is -0.0000000491. The van der Waals surface area contributed by atoms with Crippen molar-refractivity contribution in [3.8, 4) is 0 Å². The summed E-state index contributed by atoms with van der Waals surface area (Å²) >= 11 is 0. The summed E-state index contributed by atoms with van der Waals surface area (Å²) in [6.07, 6.45) is 2.10. The highest BCUT2D eigenvalue weighted by atomic mass is 35.5. The first-order chi connectivity index (χ1) is 13.3. The van der Waals surface area contributed by atoms with E-state index in [1.165, 1.54) is 0 Å². The molecule has 0 heterocycles. The van der Waals surface area contributed by atoms with Crippen LogP contribution in [-0.2, 0) is 4.57 Å². The van der Waals surface area contributed by atoms with E-state index in [2.05, 4.69) is 33.2 Å². The second-order valence-electron chi connectivity index (χ2n) is 5.46. The third-order valence-electron chi connectivity index (χ3n) is 1.70. The lowest BCUT2D eigenvalue weighted by atomic mass is 10.1. The standard InChI is InChI=1S/C9H19NO2.4C2H7N.ClH.H3O4P/c1-3-6-10-7-4-5-9(12)8(2)11;4*1-3-2;;1-5(2,3)4/h3,8-12H,1,4-7H2,2H3;4*3H,1-2H3;1H;(H3,1,2,3,4). The van der Waals surface area contributed by atoms with Crippen LogP contribution in [-0.4, -0.2) is 107 Å². The van der Waals surface area contributed by atoms with E-state index in [1.807, 2.05) is 56.4 Å². The molecule has 0 saturated heterocycles. The highest BCUT2D eigenvalue weighted by molar-refractivity contribution is 7.45. The molecule has 0 rings (SSSR count). The zero-order valence-electron chi connectivity index (χ0n) is 20.3. The fraction of sp³-hybridized carbons (Fsp3) is 0.882. The second kappa shape index (κ2) is 46.9. The average Bonchev–Trinajstić information content (AvgIpc) is 2.56. The van der Waals surface area contributed by atoms with Crippen LogP contribution in [0.1, 0.15) is 19.8 Å². The minimum absolute atomic E-state index is 0. The van der Waals surface area contributed by atoms with Crippen molar-refractivity contribution in [1.29, 1.82) is 0 Å². The molecule has 0 saturated carbocycles. The number of hydrogen-bond donors (Lipinski definition) is 10. The molecule has 2 atom stereocenters. The minimum Gasteiger partial charge on any atom is -0.391 e. The third kappa shape index (κ3) is 170. The van der Waals surface area contributed by atoms with E-state index in [1.54, 1.807) is 13.0 Å². The van der Waals surface area contributed by atoms with Crippen molar-refractivity contribution in [3.05, 3.63) is 12.7 Å². The number of hydrogen-bond acceptors (Lipinski definition) is 8. The molecule has 0 aliphatic rings. The molecule has 192 valence electrons. The summed E-state index contributed by atoms with van der Waals surface area (Å²) in [7, 11) is 10.4. The van der Waals surface area contributed by atoms with Gasteiger partial charge in [-0.3, -0.25) is 0 Å². The molecule has 13 heteroatoms. The molecule has 30 heavy (non-hydrogen) atoms. The van der Waals surface area contributed by atoms with E-state index in [-0.39, 0.29) is 12.4 Å². The lowest BCUT2D eigenvalue weighted by molar-refractivity contribution is 0.0252. The minimum atomic E-state index is -4.64. The van der Waals surface area contributed by atoms with Crippen LogP contribution < -0.4 is 26.6 Å². The van der Waals surface area contributed by atoms with Crippen molar-refractivity contribution in [2.75, 3.05) is 69.5 Å². The van der Waals surface area contributed by atoms with Gasteiger partial charge in [0.1, 0.15) is 0 Å². The molecule has 0 aromatic rings. The monoisotopic (exact) mass is 487 g/mol. The average molecular weight is 488 g/mol. The Morgan fingerprint density at radius 3 is 1.33 bits per heavy atom. The summed E-state index contributed by atoms with van der Waals surface area (Å²) in [5, 5.41) is 32.2. The zero-order valence-corrected chi connectivity index (χ0v) is 22.0. The quantitative estimate of drug-likeness (QED) is 0.122. The van der Waals surface area contributed by atoms with Crippen LogP contribution in [0.5, 0.6) is 0 Å². The summed E-state index contributed by atoms with van der Waals surface area (Å²) in [5.74, 6) is 0. The summed E-state index contributed by atoms with van der Waals surface area (Å²) in [5.41, 5.74) is 0. The highest BCUT2D eigenvalue weighted by Gasteiger charge is 2.08. The van der Waals surface area contributed by atoms with Crippen LogP contribution in [0, 0.1) is 0 Å². The zero-order chi connectivity index (χ0) is 24.7. The van der Waals surface area contributed by atoms with Gasteiger partial charge >= 0.3 is 7.82 Å². The van der Waals surface area contributed by atoms with E-state index in [9.17, 15) is 5.11 Å². The van der Waals surface area contributed by atoms with Gasteiger partial charge in [-0.2, -0.15) is 0 Å². The predicted molar refractivity (Wildman–Crippen MR) is 131 cm³/mol. The maximum absolute atomic E-state index is 9.19. The van der Waals surface area contributed by atoms with Crippen molar-refractivity contribution in [2.24, 2.45) is 0 Å². The van der Waals surface area contributed by atoms with Crippen molar-refractivity contribution >= 4 is 20.2 Å². The number of halogens is 1. The summed E-state index contributed by atoms with van der Waals surface area (Å²) in [4.78, 5) is 21.6. The first-order valence-corrected chi connectivity index (χ1v) is 10.7. The lowest BCUT2D eigenvalue weighted by Crippen LogP contribution is -2.24. The maximum Gasteiger partial charge on any atom is 0.466 e. The first-order valence-electron chi connectivity index (χ1n) is 9.14. The molecule has 0 aliphatic heterocycles. The van der Waals surface area contributed by atoms with Gasteiger partial charge in [0.05, 0.1) is 12.2 Å². The van der Waals surface area contributed by atoms with Crippen molar-refractivity contribution in [1.82, 2.24) is 26.6 Å². The molecule has 0 radical (unpaired) electrons. The molecule has 0 aromatic carbocycles. The molecule has 11 nitrogen and oxygen atoms in total. The molecule has 0 amide bonds. The Hall–Kier alpha value is -0.140. The molecular weight excluding hydrogens is 437 g/mol. The topological polar surface area (TPSA) is 178 Å². The number of phosphoric acid groups is 1. The van der Waals surface area contributed by atoms with Crippen LogP contribution in [0.15, 0.2) is 12.7 Å². The van der Waals surface area contributed by atoms with Gasteiger partial charge in [-0.25, -0.2) is 4.57 Å². The number of rotatable bonds is 7. The van der Waals surface area contributed by atoms with Gasteiger partial charge in [0, 0.05) is 6.54 Å². The normalized spacial score (nSPS) is 10.6. The van der Waals surface area contributed by atoms with Crippen molar-refractivity contribution in [2.45, 2.75) is 32.0 Å². The summed E-state index contributed by atoms with van der Waals surface area (Å²) < 4.78 is 8.88. The lowest BCUT2D eigenvalue weighted by Gasteiger charge is -2.12. The molecule has 2 unspecified atom stereocenters. The Morgan fingerprint density at radius 2 is 1.13 bits per heavy atom. The second-order valence-corrected chi connectivity index (χ2v) is 6.48. The first kappa shape index (κ1) is 47.6. The summed E-state index contributed by atoms with van der Waals surface area (Å²) in [6, 6.07) is 0. The smallest absolute Gasteiger partial charge is 0.391 e. The largest absolute Gasteiger partial charge is 0.466 e. The van der Waals surface area contributed by atoms with Crippen LogP contribution in [0.25, 0.3) is 0 Å². The Labute approximate surface area is 190 Å². The Kier molecular flexibility index (Phi) is 74.4. The number of nitrogens with one attached hydrogen (secondary N) is 5. The molecule has 0 fully saturated rings. The highest BCUT2D eigenvalue weighted by Crippen LogP contribution is 2.25. The van der Waals surface area contributed by atoms with Gasteiger partial charge in [-0.1, -0.05) is 6.08 Å². The van der Waals surface area contributed by atoms with Gasteiger partial charge in [-0.05, 0) is 82.7 Å². The molecule has 0 aliphatic carbocycles. The van der Waals surface area contributed by atoms with Gasteiger partial charge in [0.15, 0.2) is 0 Å². The van der Waals surface area contributed by atoms with E-state index in [4.69, 9.17) is 24.4 Å². The van der Waals surface area contributed by atoms with Crippen molar-refractivity contribution in [3.63, 3.8) is 0 Å². The van der Waals surface area contributed by atoms with Gasteiger partial charge in [-0.15, -0.1) is 19.0 Å². The SMILES string of the molecule is C=CCNCCCC(O)C(C)O.CNC.CNC.CNC.CNC.Cl.O=P(O)(O)O. The molecule has 0 bridgehead atoms. The predicted octanol–water partition coefficient (Wildman–Crippen LogP) is -0.880. The van der Waals surface area contributed by atoms with Gasteiger partial charge in [0.2, 0.25) is 0 Å². The molecular formula is C17H51ClN5O6P. The van der Waals surface area contributed by atoms with E-state index < -0.39 is 20.0 Å². The van der Waals surface area contributed by atoms with Crippen molar-refractivity contribution < 1.29 is 29.5 Å². The van der Waals surface area contributed by atoms with Crippen LogP contribution >= 0.6 is 20.2 Å². The van der Waals surface area contributed by atoms with E-state index in [0.717, 1.165) is 19.5 Å². The Morgan fingerprint density at radius 1 is 0.867 bits per heavy atom. The van der Waals surface area contributed by atoms with E-state index >= 15 is 0 Å². The number of aliphatic hydroxyl groups excluding tert-OH is 2. The van der Waals surface area contributed by atoms with Crippen LogP contribution in [0.4, 0.5) is 0 Å². The van der Waals surface area contributed by atoms with Gasteiger partial charge in [0.25, 0.3) is 0 Å². The number of aliphatic hydroxyl groups is 2. The van der Waals surface area contributed by atoms with Gasteiger partial charge < -0.3 is 51.5 Å².